The van der Waals surface area contributed by atoms with Gasteiger partial charge in [0.05, 0.1) is 6.54 Å². The van der Waals surface area contributed by atoms with Crippen molar-refractivity contribution in [2.45, 2.75) is 24.3 Å². The van der Waals surface area contributed by atoms with E-state index in [9.17, 15) is 4.79 Å². The van der Waals surface area contributed by atoms with Gasteiger partial charge in [0.2, 0.25) is 5.91 Å². The van der Waals surface area contributed by atoms with Gasteiger partial charge in [0.25, 0.3) is 0 Å². The molecule has 92 valence electrons. The van der Waals surface area contributed by atoms with E-state index < -0.39 is 0 Å². The second-order valence-corrected chi connectivity index (χ2v) is 5.48. The molecule has 17 heavy (non-hydrogen) atoms. The number of nitrogens with two attached hydrogens (primary N) is 1. The molecule has 1 aromatic carbocycles. The van der Waals surface area contributed by atoms with Crippen LogP contribution >= 0.6 is 11.8 Å². The summed E-state index contributed by atoms with van der Waals surface area (Å²) in [7, 11) is 1.80. The summed E-state index contributed by atoms with van der Waals surface area (Å²) in [5.41, 5.74) is 7.96. The predicted octanol–water partition coefficient (Wildman–Crippen LogP) is 1.64. The molecule has 0 aliphatic carbocycles. The van der Waals surface area contributed by atoms with Crippen molar-refractivity contribution < 1.29 is 4.79 Å². The maximum absolute atomic E-state index is 11.4. The third-order valence-electron chi connectivity index (χ3n) is 2.99. The van der Waals surface area contributed by atoms with E-state index >= 15 is 0 Å². The summed E-state index contributed by atoms with van der Waals surface area (Å²) >= 11 is 1.93. The molecule has 3 nitrogen and oxygen atoms in total. The van der Waals surface area contributed by atoms with Crippen molar-refractivity contribution in [1.29, 1.82) is 0 Å². The van der Waals surface area contributed by atoms with E-state index in [1.54, 1.807) is 11.9 Å². The van der Waals surface area contributed by atoms with Crippen LogP contribution in [0.15, 0.2) is 23.1 Å². The van der Waals surface area contributed by atoms with Gasteiger partial charge in [-0.2, -0.15) is 0 Å². The number of rotatable bonds is 3. The lowest BCUT2D eigenvalue weighted by atomic mass is 10.1. The fraction of sp³-hybridized carbons (Fsp3) is 0.462. The van der Waals surface area contributed by atoms with Gasteiger partial charge in [-0.3, -0.25) is 4.79 Å². The fourth-order valence-corrected chi connectivity index (χ4v) is 3.05. The third kappa shape index (κ3) is 3.01. The summed E-state index contributed by atoms with van der Waals surface area (Å²) in [5, 5.41) is 0. The molecule has 4 heteroatoms. The topological polar surface area (TPSA) is 46.3 Å². The van der Waals surface area contributed by atoms with Gasteiger partial charge in [0.1, 0.15) is 0 Å². The van der Waals surface area contributed by atoms with Gasteiger partial charge in [-0.15, -0.1) is 11.8 Å². The van der Waals surface area contributed by atoms with Gasteiger partial charge in [-0.25, -0.2) is 0 Å². The van der Waals surface area contributed by atoms with E-state index in [0.717, 1.165) is 6.42 Å². The fourth-order valence-electron chi connectivity index (χ4n) is 2.03. The maximum atomic E-state index is 11.4. The van der Waals surface area contributed by atoms with Gasteiger partial charge in [0, 0.05) is 18.5 Å². The Morgan fingerprint density at radius 3 is 3.12 bits per heavy atom. The molecular formula is C13H18N2OS. The van der Waals surface area contributed by atoms with E-state index in [1.807, 2.05) is 11.8 Å². The summed E-state index contributed by atoms with van der Waals surface area (Å²) in [4.78, 5) is 14.5. The standard InChI is InChI=1S/C13H18N2OS/c1-15(13(16)8-14)9-10-4-5-12-11(7-10)3-2-6-17-12/h4-5,7H,2-3,6,8-9,14H2,1H3. The highest BCUT2D eigenvalue weighted by atomic mass is 32.2. The molecule has 0 bridgehead atoms. The lowest BCUT2D eigenvalue weighted by molar-refractivity contribution is -0.128. The first-order valence-electron chi connectivity index (χ1n) is 5.89. The monoisotopic (exact) mass is 250 g/mol. The van der Waals surface area contributed by atoms with Gasteiger partial charge in [-0.1, -0.05) is 12.1 Å². The minimum atomic E-state index is -0.0166. The molecule has 1 aliphatic rings. The Kier molecular flexibility index (Phi) is 4.07. The lowest BCUT2D eigenvalue weighted by Gasteiger charge is -2.19. The summed E-state index contributed by atoms with van der Waals surface area (Å²) in [6, 6.07) is 6.51. The summed E-state index contributed by atoms with van der Waals surface area (Å²) in [5.74, 6) is 1.20. The first kappa shape index (κ1) is 12.5. The number of nitrogens with zero attached hydrogens (tertiary/aromatic N) is 1. The molecule has 0 radical (unpaired) electrons. The molecule has 0 saturated heterocycles. The summed E-state index contributed by atoms with van der Waals surface area (Å²) < 4.78 is 0. The van der Waals surface area contributed by atoms with Crippen molar-refractivity contribution in [1.82, 2.24) is 4.90 Å². The molecule has 1 aromatic rings. The van der Waals surface area contributed by atoms with E-state index in [0.29, 0.717) is 6.54 Å². The third-order valence-corrected chi connectivity index (χ3v) is 4.20. The minimum Gasteiger partial charge on any atom is -0.340 e. The zero-order valence-electron chi connectivity index (χ0n) is 10.1. The van der Waals surface area contributed by atoms with Crippen LogP contribution in [0.1, 0.15) is 17.5 Å². The van der Waals surface area contributed by atoms with Crippen LogP contribution in [-0.2, 0) is 17.8 Å². The molecule has 2 rings (SSSR count). The molecule has 0 saturated carbocycles. The van der Waals surface area contributed by atoms with E-state index in [2.05, 4.69) is 18.2 Å². The average molecular weight is 250 g/mol. The molecule has 2 N–H and O–H groups in total. The average Bonchev–Trinajstić information content (AvgIpc) is 2.37. The smallest absolute Gasteiger partial charge is 0.236 e. The summed E-state index contributed by atoms with van der Waals surface area (Å²) in [6.07, 6.45) is 2.41. The molecular weight excluding hydrogens is 232 g/mol. The first-order chi connectivity index (χ1) is 8.20. The quantitative estimate of drug-likeness (QED) is 0.887. The van der Waals surface area contributed by atoms with Crippen molar-refractivity contribution in [3.63, 3.8) is 0 Å². The number of aryl methyl sites for hydroxylation is 1. The van der Waals surface area contributed by atoms with Crippen LogP contribution in [0.2, 0.25) is 0 Å². The van der Waals surface area contributed by atoms with Crippen molar-refractivity contribution in [3.05, 3.63) is 29.3 Å². The Morgan fingerprint density at radius 1 is 1.53 bits per heavy atom. The number of hydrogen-bond acceptors (Lipinski definition) is 3. The molecule has 1 aliphatic heterocycles. The van der Waals surface area contributed by atoms with Crippen molar-refractivity contribution in [2.75, 3.05) is 19.3 Å². The number of hydrogen-bond donors (Lipinski definition) is 1. The highest BCUT2D eigenvalue weighted by Crippen LogP contribution is 2.30. The second kappa shape index (κ2) is 5.56. The number of thioether (sulfide) groups is 1. The number of fused-ring (bicyclic) bond motifs is 1. The van der Waals surface area contributed by atoms with Gasteiger partial charge >= 0.3 is 0 Å². The Labute approximate surface area is 106 Å². The Morgan fingerprint density at radius 2 is 2.35 bits per heavy atom. The van der Waals surface area contributed by atoms with Crippen LogP contribution in [0.5, 0.6) is 0 Å². The number of amides is 1. The van der Waals surface area contributed by atoms with Crippen LogP contribution in [-0.4, -0.2) is 30.2 Å². The van der Waals surface area contributed by atoms with Gasteiger partial charge in [0.15, 0.2) is 0 Å². The van der Waals surface area contributed by atoms with Crippen molar-refractivity contribution in [3.8, 4) is 0 Å². The van der Waals surface area contributed by atoms with Crippen LogP contribution in [0.3, 0.4) is 0 Å². The van der Waals surface area contributed by atoms with Crippen LogP contribution < -0.4 is 5.73 Å². The second-order valence-electron chi connectivity index (χ2n) is 4.35. The van der Waals surface area contributed by atoms with Crippen LogP contribution in [0.25, 0.3) is 0 Å². The Bertz CT molecular complexity index is 420. The molecule has 1 heterocycles. The largest absolute Gasteiger partial charge is 0.340 e. The highest BCUT2D eigenvalue weighted by molar-refractivity contribution is 7.99. The van der Waals surface area contributed by atoms with Crippen molar-refractivity contribution in [2.24, 2.45) is 5.73 Å². The van der Waals surface area contributed by atoms with E-state index in [-0.39, 0.29) is 12.5 Å². The molecule has 1 amide bonds. The maximum Gasteiger partial charge on any atom is 0.236 e. The zero-order valence-corrected chi connectivity index (χ0v) is 10.9. The number of benzene rings is 1. The molecule has 0 fully saturated rings. The van der Waals surface area contributed by atoms with Crippen LogP contribution in [0.4, 0.5) is 0 Å². The van der Waals surface area contributed by atoms with Gasteiger partial charge < -0.3 is 10.6 Å². The predicted molar refractivity (Wildman–Crippen MR) is 71.0 cm³/mol. The van der Waals surface area contributed by atoms with Gasteiger partial charge in [-0.05, 0) is 35.8 Å². The molecule has 0 spiro atoms. The zero-order chi connectivity index (χ0) is 12.3. The van der Waals surface area contributed by atoms with Crippen LogP contribution in [0, 0.1) is 0 Å². The Balaban J connectivity index is 2.09. The molecule has 0 atom stereocenters. The van der Waals surface area contributed by atoms with E-state index in [1.165, 1.54) is 28.2 Å². The summed E-state index contributed by atoms with van der Waals surface area (Å²) in [6.45, 7) is 0.727. The van der Waals surface area contributed by atoms with E-state index in [4.69, 9.17) is 5.73 Å². The molecule has 0 aromatic heterocycles. The van der Waals surface area contributed by atoms with Crippen molar-refractivity contribution >= 4 is 17.7 Å². The lowest BCUT2D eigenvalue weighted by Crippen LogP contribution is -2.32. The molecule has 0 unspecified atom stereocenters. The highest BCUT2D eigenvalue weighted by Gasteiger charge is 2.12. The first-order valence-corrected chi connectivity index (χ1v) is 6.88. The number of carbonyl (C=O) groups is 1. The number of carbonyl (C=O) groups excluding carboxylic acids is 1. The number of likely N-dealkylation sites (N-methyl/N-ethyl adjacent to an activating group) is 1. The SMILES string of the molecule is CN(Cc1ccc2c(c1)CCCS2)C(=O)CN. The minimum absolute atomic E-state index is 0.0166. The Hall–Kier alpha value is -1.00. The normalized spacial score (nSPS) is 14.2.